The number of carbonyl (C=O) groups is 2. The minimum absolute atomic E-state index is 0.0546. The smallest absolute Gasteiger partial charge is 0.322 e. The number of carbonyl (C=O) groups excluding carboxylic acids is 2. The lowest BCUT2D eigenvalue weighted by atomic mass is 10.2. The zero-order valence-electron chi connectivity index (χ0n) is 18.7. The Hall–Kier alpha value is -3.74. The molecule has 1 N–H and O–H groups in total. The van der Waals surface area contributed by atoms with Crippen molar-refractivity contribution in [3.05, 3.63) is 84.3 Å². The molecule has 0 aliphatic carbocycles. The summed E-state index contributed by atoms with van der Waals surface area (Å²) in [6.45, 7) is 4.45. The zero-order chi connectivity index (χ0) is 22.9. The number of ether oxygens (including phenoxy) is 1. The highest BCUT2D eigenvalue weighted by Crippen LogP contribution is 2.18. The van der Waals surface area contributed by atoms with E-state index in [9.17, 15) is 9.59 Å². The molecule has 1 aromatic heterocycles. The average Bonchev–Trinajstić information content (AvgIpc) is 3.30. The fraction of sp³-hybridized carbons (Fsp3) is 0.280. The van der Waals surface area contributed by atoms with Gasteiger partial charge in [0, 0.05) is 24.3 Å². The second-order valence-corrected chi connectivity index (χ2v) is 7.70. The van der Waals surface area contributed by atoms with E-state index in [0.717, 1.165) is 5.56 Å². The highest BCUT2D eigenvalue weighted by molar-refractivity contribution is 5.92. The molecule has 7 nitrogen and oxygen atoms in total. The Balaban J connectivity index is 1.73. The summed E-state index contributed by atoms with van der Waals surface area (Å²) in [5.41, 5.74) is 1.61. The summed E-state index contributed by atoms with van der Waals surface area (Å²) in [4.78, 5) is 29.5. The topological polar surface area (TPSA) is 75.0 Å². The molecule has 0 saturated heterocycles. The molecule has 0 unspecified atom stereocenters. The standard InChI is InChI=1S/C25H29N3O4/c1-19(2)28(25(30)26-21-11-7-12-22(15-21)31-3)18-24(29)27(17-23-13-8-14-32-23)16-20-9-5-4-6-10-20/h4-15,19H,16-18H2,1-3H3,(H,26,30). The summed E-state index contributed by atoms with van der Waals surface area (Å²) in [5.74, 6) is 1.16. The predicted octanol–water partition coefficient (Wildman–Crippen LogP) is 4.76. The number of benzene rings is 2. The summed E-state index contributed by atoms with van der Waals surface area (Å²) in [7, 11) is 1.57. The number of nitrogens with one attached hydrogen (secondary N) is 1. The number of furan rings is 1. The van der Waals surface area contributed by atoms with Crippen LogP contribution in [-0.2, 0) is 17.9 Å². The van der Waals surface area contributed by atoms with Gasteiger partial charge in [-0.3, -0.25) is 4.79 Å². The maximum atomic E-state index is 13.3. The Kier molecular flexibility index (Phi) is 7.91. The maximum absolute atomic E-state index is 13.3. The number of hydrogen-bond acceptors (Lipinski definition) is 4. The molecule has 0 bridgehead atoms. The molecule has 0 saturated carbocycles. The molecule has 3 aromatic rings. The third-order valence-electron chi connectivity index (χ3n) is 5.01. The highest BCUT2D eigenvalue weighted by atomic mass is 16.5. The fourth-order valence-corrected chi connectivity index (χ4v) is 3.26. The Bertz CT molecular complexity index is 1000. The molecular formula is C25H29N3O4. The number of anilines is 1. The van der Waals surface area contributed by atoms with Crippen molar-refractivity contribution in [1.29, 1.82) is 0 Å². The van der Waals surface area contributed by atoms with E-state index in [2.05, 4.69) is 5.32 Å². The Morgan fingerprint density at radius 3 is 2.44 bits per heavy atom. The van der Waals surface area contributed by atoms with Crippen LogP contribution in [0.5, 0.6) is 5.75 Å². The van der Waals surface area contributed by atoms with Crippen LogP contribution >= 0.6 is 0 Å². The minimum Gasteiger partial charge on any atom is -0.497 e. The zero-order valence-corrected chi connectivity index (χ0v) is 18.7. The van der Waals surface area contributed by atoms with Gasteiger partial charge in [0.1, 0.15) is 18.1 Å². The number of amides is 3. The van der Waals surface area contributed by atoms with Gasteiger partial charge >= 0.3 is 6.03 Å². The van der Waals surface area contributed by atoms with Gasteiger partial charge in [0.15, 0.2) is 0 Å². The van der Waals surface area contributed by atoms with Crippen LogP contribution in [0.25, 0.3) is 0 Å². The van der Waals surface area contributed by atoms with Gasteiger partial charge in [-0.25, -0.2) is 4.79 Å². The van der Waals surface area contributed by atoms with Gasteiger partial charge in [-0.1, -0.05) is 36.4 Å². The van der Waals surface area contributed by atoms with Crippen LogP contribution in [0.2, 0.25) is 0 Å². The predicted molar refractivity (Wildman–Crippen MR) is 123 cm³/mol. The van der Waals surface area contributed by atoms with Crippen molar-refractivity contribution in [2.75, 3.05) is 19.0 Å². The van der Waals surface area contributed by atoms with Crippen molar-refractivity contribution in [1.82, 2.24) is 9.80 Å². The average molecular weight is 436 g/mol. The molecule has 168 valence electrons. The lowest BCUT2D eigenvalue weighted by Crippen LogP contribution is -2.47. The molecular weight excluding hydrogens is 406 g/mol. The number of urea groups is 1. The molecule has 1 heterocycles. The van der Waals surface area contributed by atoms with Crippen molar-refractivity contribution in [2.24, 2.45) is 0 Å². The van der Waals surface area contributed by atoms with Crippen molar-refractivity contribution in [3.63, 3.8) is 0 Å². The van der Waals surface area contributed by atoms with E-state index in [1.165, 1.54) is 4.90 Å². The molecule has 7 heteroatoms. The van der Waals surface area contributed by atoms with Gasteiger partial charge in [-0.05, 0) is 43.7 Å². The molecule has 0 aliphatic rings. The third-order valence-corrected chi connectivity index (χ3v) is 5.01. The first kappa shape index (κ1) is 22.9. The lowest BCUT2D eigenvalue weighted by molar-refractivity contribution is -0.133. The second kappa shape index (κ2) is 11.0. The van der Waals surface area contributed by atoms with E-state index >= 15 is 0 Å². The van der Waals surface area contributed by atoms with Crippen molar-refractivity contribution >= 4 is 17.6 Å². The SMILES string of the molecule is COc1cccc(NC(=O)N(CC(=O)N(Cc2ccccc2)Cc2ccco2)C(C)C)c1. The number of rotatable bonds is 9. The van der Waals surface area contributed by atoms with Crippen LogP contribution in [0.1, 0.15) is 25.2 Å². The summed E-state index contributed by atoms with van der Waals surface area (Å²) in [5, 5.41) is 2.86. The first-order valence-electron chi connectivity index (χ1n) is 10.5. The van der Waals surface area contributed by atoms with Gasteiger partial charge in [0.05, 0.1) is 19.9 Å². The van der Waals surface area contributed by atoms with Gasteiger partial charge < -0.3 is 24.3 Å². The first-order valence-corrected chi connectivity index (χ1v) is 10.5. The summed E-state index contributed by atoms with van der Waals surface area (Å²) < 4.78 is 10.7. The summed E-state index contributed by atoms with van der Waals surface area (Å²) in [6.07, 6.45) is 1.59. The van der Waals surface area contributed by atoms with Crippen LogP contribution in [0.3, 0.4) is 0 Å². The van der Waals surface area contributed by atoms with E-state index in [1.54, 1.807) is 48.6 Å². The summed E-state index contributed by atoms with van der Waals surface area (Å²) >= 11 is 0. The Labute approximate surface area is 188 Å². The van der Waals surface area contributed by atoms with E-state index in [0.29, 0.717) is 30.3 Å². The van der Waals surface area contributed by atoms with E-state index in [1.807, 2.05) is 50.2 Å². The van der Waals surface area contributed by atoms with Crippen molar-refractivity contribution in [2.45, 2.75) is 33.0 Å². The Morgan fingerprint density at radius 2 is 1.78 bits per heavy atom. The lowest BCUT2D eigenvalue weighted by Gasteiger charge is -2.30. The number of hydrogen-bond donors (Lipinski definition) is 1. The van der Waals surface area contributed by atoms with Crippen LogP contribution < -0.4 is 10.1 Å². The Morgan fingerprint density at radius 1 is 1.00 bits per heavy atom. The van der Waals surface area contributed by atoms with E-state index in [-0.39, 0.29) is 24.5 Å². The molecule has 0 aliphatic heterocycles. The minimum atomic E-state index is -0.348. The second-order valence-electron chi connectivity index (χ2n) is 7.70. The molecule has 3 rings (SSSR count). The fourth-order valence-electron chi connectivity index (χ4n) is 3.26. The van der Waals surface area contributed by atoms with Crippen molar-refractivity contribution < 1.29 is 18.7 Å². The van der Waals surface area contributed by atoms with Crippen LogP contribution in [0.15, 0.2) is 77.4 Å². The third kappa shape index (κ3) is 6.38. The molecule has 0 spiro atoms. The van der Waals surface area contributed by atoms with E-state index < -0.39 is 0 Å². The quantitative estimate of drug-likeness (QED) is 0.526. The van der Waals surface area contributed by atoms with Gasteiger partial charge in [0.25, 0.3) is 0 Å². The molecule has 32 heavy (non-hydrogen) atoms. The van der Waals surface area contributed by atoms with Crippen molar-refractivity contribution in [3.8, 4) is 5.75 Å². The normalized spacial score (nSPS) is 10.6. The molecule has 3 amide bonds. The highest BCUT2D eigenvalue weighted by Gasteiger charge is 2.24. The number of nitrogens with zero attached hydrogens (tertiary/aromatic N) is 2. The van der Waals surface area contributed by atoms with E-state index in [4.69, 9.17) is 9.15 Å². The van der Waals surface area contributed by atoms with Crippen LogP contribution in [0.4, 0.5) is 10.5 Å². The maximum Gasteiger partial charge on any atom is 0.322 e. The number of methoxy groups -OCH3 is 1. The molecule has 2 aromatic carbocycles. The first-order chi connectivity index (χ1) is 15.5. The molecule has 0 fully saturated rings. The molecule has 0 atom stereocenters. The van der Waals surface area contributed by atoms with Crippen LogP contribution in [0, 0.1) is 0 Å². The van der Waals surface area contributed by atoms with Crippen LogP contribution in [-0.4, -0.2) is 41.4 Å². The largest absolute Gasteiger partial charge is 0.497 e. The molecule has 0 radical (unpaired) electrons. The van der Waals surface area contributed by atoms with Gasteiger partial charge in [-0.2, -0.15) is 0 Å². The van der Waals surface area contributed by atoms with Gasteiger partial charge in [-0.15, -0.1) is 0 Å². The van der Waals surface area contributed by atoms with Gasteiger partial charge in [0.2, 0.25) is 5.91 Å². The summed E-state index contributed by atoms with van der Waals surface area (Å²) in [6, 6.07) is 20.0. The monoisotopic (exact) mass is 435 g/mol.